The molecule has 0 atom stereocenters. The second-order valence-electron chi connectivity index (χ2n) is 4.65. The minimum absolute atomic E-state index is 0.694. The zero-order valence-corrected chi connectivity index (χ0v) is 12.9. The third kappa shape index (κ3) is 3.80. The Morgan fingerprint density at radius 3 is 2.26 bits per heavy atom. The minimum atomic E-state index is 0.694. The molecular formula is C16H18BrNO. The maximum atomic E-state index is 5.94. The highest BCUT2D eigenvalue weighted by Gasteiger charge is 2.06. The lowest BCUT2D eigenvalue weighted by Crippen LogP contribution is -2.04. The van der Waals surface area contributed by atoms with E-state index in [1.165, 1.54) is 22.3 Å². The number of halogens is 1. The monoisotopic (exact) mass is 319 g/mol. The van der Waals surface area contributed by atoms with E-state index in [1.54, 1.807) is 0 Å². The van der Waals surface area contributed by atoms with Crippen molar-refractivity contribution >= 4 is 15.9 Å². The molecule has 19 heavy (non-hydrogen) atoms. The van der Waals surface area contributed by atoms with Crippen LogP contribution in [0.15, 0.2) is 36.7 Å². The normalized spacial score (nSPS) is 10.5. The van der Waals surface area contributed by atoms with Gasteiger partial charge in [-0.05, 0) is 48.2 Å². The van der Waals surface area contributed by atoms with Gasteiger partial charge < -0.3 is 4.74 Å². The number of nitrogens with zero attached hydrogens (tertiary/aromatic N) is 1. The Hall–Kier alpha value is -1.35. The molecule has 0 unspecified atom stereocenters. The molecule has 2 aromatic rings. The van der Waals surface area contributed by atoms with Crippen LogP contribution in [0.25, 0.3) is 0 Å². The average molecular weight is 320 g/mol. The van der Waals surface area contributed by atoms with Crippen LogP contribution >= 0.6 is 15.9 Å². The van der Waals surface area contributed by atoms with Crippen LogP contribution in [0.4, 0.5) is 0 Å². The van der Waals surface area contributed by atoms with Gasteiger partial charge >= 0.3 is 0 Å². The summed E-state index contributed by atoms with van der Waals surface area (Å²) in [6.45, 7) is 4.89. The summed E-state index contributed by atoms with van der Waals surface area (Å²) in [6, 6.07) is 8.39. The van der Waals surface area contributed by atoms with Crippen LogP contribution in [0.5, 0.6) is 5.75 Å². The van der Waals surface area contributed by atoms with E-state index in [0.717, 1.165) is 17.5 Å². The quantitative estimate of drug-likeness (QED) is 0.770. The first-order valence-electron chi connectivity index (χ1n) is 6.38. The molecule has 100 valence electrons. The van der Waals surface area contributed by atoms with Crippen molar-refractivity contribution in [3.05, 3.63) is 58.9 Å². The molecule has 0 N–H and O–H groups in total. The Morgan fingerprint density at radius 1 is 1.05 bits per heavy atom. The first-order valence-corrected chi connectivity index (χ1v) is 7.50. The molecule has 3 heteroatoms. The third-order valence-electron chi connectivity index (χ3n) is 3.06. The van der Waals surface area contributed by atoms with Crippen LogP contribution in [-0.4, -0.2) is 11.6 Å². The lowest BCUT2D eigenvalue weighted by atomic mass is 10.1. The van der Waals surface area contributed by atoms with E-state index in [0.29, 0.717) is 6.61 Å². The number of ether oxygens (including phenoxy) is 1. The maximum absolute atomic E-state index is 5.94. The molecule has 2 rings (SSSR count). The summed E-state index contributed by atoms with van der Waals surface area (Å²) in [7, 11) is 0. The number of aromatic nitrogens is 1. The fourth-order valence-electron chi connectivity index (χ4n) is 2.17. The van der Waals surface area contributed by atoms with Gasteiger partial charge in [-0.15, -0.1) is 0 Å². The van der Waals surface area contributed by atoms with E-state index < -0.39 is 0 Å². The zero-order valence-electron chi connectivity index (χ0n) is 11.3. The molecule has 0 amide bonds. The van der Waals surface area contributed by atoms with E-state index in [2.05, 4.69) is 46.9 Å². The predicted octanol–water partition coefficient (Wildman–Crippen LogP) is 4.21. The van der Waals surface area contributed by atoms with Crippen LogP contribution in [-0.2, 0) is 11.8 Å². The molecule has 1 heterocycles. The lowest BCUT2D eigenvalue weighted by molar-refractivity contribution is 0.317. The lowest BCUT2D eigenvalue weighted by Gasteiger charge is -2.13. The van der Waals surface area contributed by atoms with Gasteiger partial charge in [-0.25, -0.2) is 0 Å². The average Bonchev–Trinajstić information content (AvgIpc) is 2.42. The summed E-state index contributed by atoms with van der Waals surface area (Å²) in [5, 5.41) is 0.881. The first kappa shape index (κ1) is 14.1. The highest BCUT2D eigenvalue weighted by Crippen LogP contribution is 2.25. The largest absolute Gasteiger partial charge is 0.493 e. The molecule has 1 aromatic heterocycles. The number of hydrogen-bond acceptors (Lipinski definition) is 2. The van der Waals surface area contributed by atoms with Crippen molar-refractivity contribution in [1.82, 2.24) is 4.98 Å². The predicted molar refractivity (Wildman–Crippen MR) is 82.0 cm³/mol. The Kier molecular flexibility index (Phi) is 4.97. The molecule has 0 radical (unpaired) electrons. The number of alkyl halides is 1. The van der Waals surface area contributed by atoms with Gasteiger partial charge in [0.25, 0.3) is 0 Å². The molecule has 0 spiro atoms. The third-order valence-corrected chi connectivity index (χ3v) is 3.71. The number of rotatable bonds is 5. The summed E-state index contributed by atoms with van der Waals surface area (Å²) >= 11 is 3.49. The molecule has 0 aliphatic heterocycles. The molecule has 0 bridgehead atoms. The Balaban J connectivity index is 2.00. The minimum Gasteiger partial charge on any atom is -0.493 e. The summed E-state index contributed by atoms with van der Waals surface area (Å²) < 4.78 is 5.94. The highest BCUT2D eigenvalue weighted by molar-refractivity contribution is 9.08. The van der Waals surface area contributed by atoms with Gasteiger partial charge in [0.05, 0.1) is 6.61 Å². The molecule has 0 aliphatic rings. The van der Waals surface area contributed by atoms with Crippen LogP contribution < -0.4 is 4.74 Å². The van der Waals surface area contributed by atoms with E-state index >= 15 is 0 Å². The van der Waals surface area contributed by atoms with Crippen molar-refractivity contribution in [3.8, 4) is 5.75 Å². The van der Waals surface area contributed by atoms with Gasteiger partial charge in [0.15, 0.2) is 0 Å². The number of aryl methyl sites for hydroxylation is 2. The van der Waals surface area contributed by atoms with Crippen molar-refractivity contribution in [2.75, 3.05) is 6.61 Å². The van der Waals surface area contributed by atoms with Gasteiger partial charge in [-0.1, -0.05) is 28.1 Å². The summed E-state index contributed by atoms with van der Waals surface area (Å²) in [6.07, 6.45) is 4.54. The topological polar surface area (TPSA) is 22.1 Å². The molecule has 0 fully saturated rings. The number of pyridine rings is 1. The SMILES string of the molecule is Cc1cc(CBr)cc(C)c1OCCc1ccncc1. The van der Waals surface area contributed by atoms with Gasteiger partial charge in [0.1, 0.15) is 5.75 Å². The highest BCUT2D eigenvalue weighted by atomic mass is 79.9. The Labute approximate surface area is 123 Å². The molecule has 1 aromatic carbocycles. The van der Waals surface area contributed by atoms with E-state index in [9.17, 15) is 0 Å². The standard InChI is InChI=1S/C16H18BrNO/c1-12-9-15(11-17)10-13(2)16(12)19-8-5-14-3-6-18-7-4-14/h3-4,6-7,9-10H,5,8,11H2,1-2H3. The van der Waals surface area contributed by atoms with Gasteiger partial charge in [-0.2, -0.15) is 0 Å². The second kappa shape index (κ2) is 6.71. The van der Waals surface area contributed by atoms with Crippen LogP contribution in [0.3, 0.4) is 0 Å². The molecule has 0 saturated carbocycles. The second-order valence-corrected chi connectivity index (χ2v) is 5.21. The van der Waals surface area contributed by atoms with Crippen LogP contribution in [0.2, 0.25) is 0 Å². The summed E-state index contributed by atoms with van der Waals surface area (Å²) in [5.74, 6) is 1.01. The van der Waals surface area contributed by atoms with Crippen LogP contribution in [0, 0.1) is 13.8 Å². The van der Waals surface area contributed by atoms with Crippen molar-refractivity contribution in [2.24, 2.45) is 0 Å². The number of hydrogen-bond donors (Lipinski definition) is 0. The molecular weight excluding hydrogens is 302 g/mol. The van der Waals surface area contributed by atoms with Gasteiger partial charge in [-0.3, -0.25) is 4.98 Å². The molecule has 0 saturated heterocycles. The zero-order chi connectivity index (χ0) is 13.7. The summed E-state index contributed by atoms with van der Waals surface area (Å²) in [4.78, 5) is 4.01. The smallest absolute Gasteiger partial charge is 0.125 e. The van der Waals surface area contributed by atoms with E-state index in [-0.39, 0.29) is 0 Å². The van der Waals surface area contributed by atoms with Gasteiger partial charge in [0, 0.05) is 24.1 Å². The van der Waals surface area contributed by atoms with Crippen molar-refractivity contribution in [1.29, 1.82) is 0 Å². The summed E-state index contributed by atoms with van der Waals surface area (Å²) in [5.41, 5.74) is 4.94. The van der Waals surface area contributed by atoms with E-state index in [4.69, 9.17) is 4.74 Å². The van der Waals surface area contributed by atoms with Crippen molar-refractivity contribution in [3.63, 3.8) is 0 Å². The van der Waals surface area contributed by atoms with Gasteiger partial charge in [0.2, 0.25) is 0 Å². The first-order chi connectivity index (χ1) is 9.20. The molecule has 0 aliphatic carbocycles. The van der Waals surface area contributed by atoms with Crippen molar-refractivity contribution < 1.29 is 4.74 Å². The Bertz CT molecular complexity index is 517. The molecule has 2 nitrogen and oxygen atoms in total. The van der Waals surface area contributed by atoms with Crippen LogP contribution in [0.1, 0.15) is 22.3 Å². The van der Waals surface area contributed by atoms with Crippen molar-refractivity contribution in [2.45, 2.75) is 25.6 Å². The fourth-order valence-corrected chi connectivity index (χ4v) is 2.49. The fraction of sp³-hybridized carbons (Fsp3) is 0.312. The Morgan fingerprint density at radius 2 is 1.68 bits per heavy atom. The number of benzene rings is 1. The van der Waals surface area contributed by atoms with E-state index in [1.807, 2.05) is 24.5 Å². The maximum Gasteiger partial charge on any atom is 0.125 e.